The van der Waals surface area contributed by atoms with Crippen molar-refractivity contribution >= 4 is 5.97 Å². The Morgan fingerprint density at radius 3 is 2.38 bits per heavy atom. The summed E-state index contributed by atoms with van der Waals surface area (Å²) < 4.78 is 6.78. The summed E-state index contributed by atoms with van der Waals surface area (Å²) in [6.07, 6.45) is 11.7. The van der Waals surface area contributed by atoms with Gasteiger partial charge in [-0.15, -0.1) is 0 Å². The molecular formula is C25H38ClNO2. The molecule has 0 N–H and O–H groups in total. The van der Waals surface area contributed by atoms with Gasteiger partial charge in [-0.25, -0.2) is 4.79 Å². The van der Waals surface area contributed by atoms with E-state index in [0.29, 0.717) is 6.54 Å². The number of piperidine rings is 1. The predicted octanol–water partition coefficient (Wildman–Crippen LogP) is 2.30. The normalized spacial score (nSPS) is 24.4. The number of likely N-dealkylation sites (tertiary alicyclic amines) is 1. The van der Waals surface area contributed by atoms with Crippen LogP contribution in [-0.2, 0) is 16.0 Å². The van der Waals surface area contributed by atoms with Gasteiger partial charge >= 0.3 is 5.97 Å². The third-order valence-electron chi connectivity index (χ3n) is 6.64. The molecule has 0 unspecified atom stereocenters. The molecule has 3 rings (SSSR count). The Hall–Kier alpha value is -1.32. The summed E-state index contributed by atoms with van der Waals surface area (Å²) in [5, 5.41) is 0. The summed E-state index contributed by atoms with van der Waals surface area (Å²) >= 11 is 0. The molecule has 2 aliphatic rings. The fourth-order valence-corrected chi connectivity index (χ4v) is 4.77. The zero-order valence-corrected chi connectivity index (χ0v) is 19.0. The van der Waals surface area contributed by atoms with E-state index in [1.807, 2.05) is 0 Å². The maximum Gasteiger partial charge on any atom is 0.362 e. The van der Waals surface area contributed by atoms with Crippen LogP contribution in [0.3, 0.4) is 0 Å². The minimum Gasteiger partial charge on any atom is -1.00 e. The van der Waals surface area contributed by atoms with Gasteiger partial charge in [-0.1, -0.05) is 42.8 Å². The van der Waals surface area contributed by atoms with Crippen LogP contribution in [-0.4, -0.2) is 42.7 Å². The first-order chi connectivity index (χ1) is 13.5. The Balaban J connectivity index is 0.00000300. The lowest BCUT2D eigenvalue weighted by Crippen LogP contribution is -3.00. The van der Waals surface area contributed by atoms with Crippen molar-refractivity contribution in [3.63, 3.8) is 0 Å². The van der Waals surface area contributed by atoms with Gasteiger partial charge in [0.25, 0.3) is 0 Å². The molecule has 29 heavy (non-hydrogen) atoms. The van der Waals surface area contributed by atoms with E-state index in [1.54, 1.807) is 0 Å². The number of hydrogen-bond acceptors (Lipinski definition) is 2. The highest BCUT2D eigenvalue weighted by Crippen LogP contribution is 2.26. The van der Waals surface area contributed by atoms with Gasteiger partial charge < -0.3 is 21.6 Å². The van der Waals surface area contributed by atoms with Crippen LogP contribution in [0.4, 0.5) is 0 Å². The highest BCUT2D eigenvalue weighted by atomic mass is 35.5. The number of benzene rings is 1. The first kappa shape index (κ1) is 24.0. The number of carbonyl (C=O) groups excluding carboxylic acids is 1. The second-order valence-corrected chi connectivity index (χ2v) is 9.27. The van der Waals surface area contributed by atoms with Crippen molar-refractivity contribution < 1.29 is 26.4 Å². The molecule has 1 aliphatic carbocycles. The average molecular weight is 420 g/mol. The molecule has 0 spiro atoms. The number of quaternary nitrogens is 1. The lowest BCUT2D eigenvalue weighted by molar-refractivity contribution is -0.920. The quantitative estimate of drug-likeness (QED) is 0.385. The SMILES string of the molecule is C/C(=C\C[N+]1(CC(=O)OC2CCC(C)CC2)CCCCC1)Cc1ccccc1.[Cl-]. The number of ether oxygens (including phenoxy) is 1. The van der Waals surface area contributed by atoms with E-state index in [4.69, 9.17) is 4.74 Å². The van der Waals surface area contributed by atoms with Crippen molar-refractivity contribution in [2.24, 2.45) is 5.92 Å². The molecule has 3 nitrogen and oxygen atoms in total. The predicted molar refractivity (Wildman–Crippen MR) is 115 cm³/mol. The number of rotatable bonds is 7. The second kappa shape index (κ2) is 11.8. The lowest BCUT2D eigenvalue weighted by Gasteiger charge is -2.40. The van der Waals surface area contributed by atoms with Gasteiger partial charge in [0, 0.05) is 0 Å². The van der Waals surface area contributed by atoms with Gasteiger partial charge in [0.15, 0.2) is 6.54 Å². The first-order valence-electron chi connectivity index (χ1n) is 11.3. The van der Waals surface area contributed by atoms with Crippen LogP contribution < -0.4 is 12.4 Å². The zero-order valence-electron chi connectivity index (χ0n) is 18.2. The Morgan fingerprint density at radius 2 is 1.72 bits per heavy atom. The van der Waals surface area contributed by atoms with Gasteiger partial charge in [0.05, 0.1) is 19.6 Å². The standard InChI is InChI=1S/C25H38NO2.ClH/c1-21-11-13-24(14-12-21)28-25(27)20-26(16-7-4-8-17-26)18-15-22(2)19-23-9-5-3-6-10-23;/h3,5-6,9-10,15,21,24H,4,7-8,11-14,16-20H2,1-2H3;1H/q+1;/p-1/b22-15+;. The molecule has 162 valence electrons. The third-order valence-corrected chi connectivity index (χ3v) is 6.64. The molecule has 1 saturated heterocycles. The molecule has 1 aliphatic heterocycles. The molecule has 0 radical (unpaired) electrons. The van der Waals surface area contributed by atoms with Gasteiger partial charge in [-0.05, 0) is 75.8 Å². The van der Waals surface area contributed by atoms with Crippen LogP contribution in [0.25, 0.3) is 0 Å². The van der Waals surface area contributed by atoms with E-state index < -0.39 is 0 Å². The maximum absolute atomic E-state index is 12.7. The van der Waals surface area contributed by atoms with Crippen LogP contribution in [0, 0.1) is 5.92 Å². The highest BCUT2D eigenvalue weighted by Gasteiger charge is 2.33. The van der Waals surface area contributed by atoms with Crippen molar-refractivity contribution in [2.45, 2.75) is 71.3 Å². The number of hydrogen-bond donors (Lipinski definition) is 0. The molecule has 0 amide bonds. The topological polar surface area (TPSA) is 26.3 Å². The number of nitrogens with zero attached hydrogens (tertiary/aromatic N) is 1. The molecule has 4 heteroatoms. The van der Waals surface area contributed by atoms with E-state index in [9.17, 15) is 4.79 Å². The van der Waals surface area contributed by atoms with E-state index >= 15 is 0 Å². The van der Waals surface area contributed by atoms with Crippen LogP contribution in [0.5, 0.6) is 0 Å². The van der Waals surface area contributed by atoms with Crippen molar-refractivity contribution in [1.29, 1.82) is 0 Å². The van der Waals surface area contributed by atoms with Crippen LogP contribution in [0.15, 0.2) is 42.0 Å². The summed E-state index contributed by atoms with van der Waals surface area (Å²) in [6.45, 7) is 8.22. The Morgan fingerprint density at radius 1 is 1.07 bits per heavy atom. The smallest absolute Gasteiger partial charge is 0.362 e. The summed E-state index contributed by atoms with van der Waals surface area (Å²) in [5.74, 6) is 0.809. The Kier molecular flexibility index (Phi) is 9.71. The van der Waals surface area contributed by atoms with Crippen molar-refractivity contribution in [2.75, 3.05) is 26.2 Å². The number of halogens is 1. The molecular weight excluding hydrogens is 382 g/mol. The molecule has 1 aromatic carbocycles. The van der Waals surface area contributed by atoms with Gasteiger partial charge in [-0.2, -0.15) is 0 Å². The monoisotopic (exact) mass is 419 g/mol. The average Bonchev–Trinajstić information content (AvgIpc) is 2.70. The lowest BCUT2D eigenvalue weighted by atomic mass is 9.89. The fourth-order valence-electron chi connectivity index (χ4n) is 4.77. The molecule has 0 atom stereocenters. The summed E-state index contributed by atoms with van der Waals surface area (Å²) in [4.78, 5) is 12.7. The summed E-state index contributed by atoms with van der Waals surface area (Å²) in [5.41, 5.74) is 2.75. The Bertz CT molecular complexity index is 644. The van der Waals surface area contributed by atoms with Gasteiger partial charge in [0.2, 0.25) is 0 Å². The van der Waals surface area contributed by atoms with E-state index in [-0.39, 0.29) is 24.5 Å². The Labute approximate surface area is 183 Å². The van der Waals surface area contributed by atoms with E-state index in [0.717, 1.165) is 49.3 Å². The number of esters is 1. The van der Waals surface area contributed by atoms with Crippen molar-refractivity contribution in [3.8, 4) is 0 Å². The number of allylic oxidation sites excluding steroid dienone is 1. The summed E-state index contributed by atoms with van der Waals surface area (Å²) in [6, 6.07) is 10.6. The molecule has 0 bridgehead atoms. The molecule has 2 fully saturated rings. The van der Waals surface area contributed by atoms with Gasteiger partial charge in [0.1, 0.15) is 6.10 Å². The summed E-state index contributed by atoms with van der Waals surface area (Å²) in [7, 11) is 0. The minimum absolute atomic E-state index is 0. The van der Waals surface area contributed by atoms with Crippen LogP contribution in [0.1, 0.15) is 64.4 Å². The third kappa shape index (κ3) is 7.79. The maximum atomic E-state index is 12.7. The number of carbonyl (C=O) groups is 1. The first-order valence-corrected chi connectivity index (χ1v) is 11.3. The van der Waals surface area contributed by atoms with Crippen molar-refractivity contribution in [1.82, 2.24) is 0 Å². The largest absolute Gasteiger partial charge is 1.00 e. The highest BCUT2D eigenvalue weighted by molar-refractivity contribution is 5.70. The fraction of sp³-hybridized carbons (Fsp3) is 0.640. The minimum atomic E-state index is 0. The van der Waals surface area contributed by atoms with Crippen molar-refractivity contribution in [3.05, 3.63) is 47.5 Å². The zero-order chi connectivity index (χ0) is 19.8. The second-order valence-electron chi connectivity index (χ2n) is 9.27. The molecule has 0 aromatic heterocycles. The molecule has 1 heterocycles. The van der Waals surface area contributed by atoms with E-state index in [1.165, 1.54) is 43.2 Å². The van der Waals surface area contributed by atoms with Gasteiger partial charge in [-0.3, -0.25) is 0 Å². The van der Waals surface area contributed by atoms with Crippen LogP contribution in [0.2, 0.25) is 0 Å². The van der Waals surface area contributed by atoms with Crippen LogP contribution >= 0.6 is 0 Å². The van der Waals surface area contributed by atoms with E-state index in [2.05, 4.69) is 50.3 Å². The molecule has 1 saturated carbocycles. The molecule has 1 aromatic rings.